The number of hydrogen-bond donors (Lipinski definition) is 0. The highest BCUT2D eigenvalue weighted by Gasteiger charge is 1.92. The van der Waals surface area contributed by atoms with Gasteiger partial charge in [-0.3, -0.25) is 0 Å². The third kappa shape index (κ3) is 21.4. The van der Waals surface area contributed by atoms with E-state index in [0.717, 1.165) is 19.1 Å². The number of rotatable bonds is 19. The lowest BCUT2D eigenvalue weighted by atomic mass is 10.1. The third-order valence-electron chi connectivity index (χ3n) is 4.58. The highest BCUT2D eigenvalue weighted by atomic mass is 16.1. The predicted octanol–water partition coefficient (Wildman–Crippen LogP) is 7.78. The minimum absolute atomic E-state index is 0.756. The van der Waals surface area contributed by atoms with Gasteiger partial charge in [0, 0.05) is 6.42 Å². The van der Waals surface area contributed by atoms with E-state index in [1.165, 1.54) is 103 Å². The Morgan fingerprint density at radius 1 is 0.478 bits per heavy atom. The van der Waals surface area contributed by atoms with Crippen molar-refractivity contribution in [2.75, 3.05) is 0 Å². The Hall–Kier alpha value is -0.590. The molecule has 0 unspecified atom stereocenters. The van der Waals surface area contributed by atoms with Crippen molar-refractivity contribution < 1.29 is 4.79 Å². The van der Waals surface area contributed by atoms with Crippen LogP contribution >= 0.6 is 0 Å². The first-order valence-electron chi connectivity index (χ1n) is 10.5. The van der Waals surface area contributed by atoms with Crippen LogP contribution in [0.2, 0.25) is 0 Å². The Labute approximate surface area is 146 Å². The van der Waals surface area contributed by atoms with E-state index in [2.05, 4.69) is 19.1 Å². The number of allylic oxidation sites excluding steroid dienone is 2. The zero-order chi connectivity index (χ0) is 16.8. The average molecular weight is 323 g/mol. The molecule has 1 nitrogen and oxygen atoms in total. The molecule has 1 heteroatoms. The number of carbonyl (C=O) groups excluding carboxylic acids is 1. The second-order valence-corrected chi connectivity index (χ2v) is 6.95. The molecule has 23 heavy (non-hydrogen) atoms. The van der Waals surface area contributed by atoms with Crippen molar-refractivity contribution in [3.8, 4) is 0 Å². The number of hydrogen-bond acceptors (Lipinski definition) is 1. The topological polar surface area (TPSA) is 17.1 Å². The average Bonchev–Trinajstić information content (AvgIpc) is 2.57. The Balaban J connectivity index is 3.03. The standard InChI is InChI=1S/C22H42O/c1-2-3-4-5-6-7-8-9-10-11-12-13-14-15-16-17-18-19-20-21-22-23/h9-10,22H,2-8,11-21H2,1H3. The van der Waals surface area contributed by atoms with Crippen LogP contribution in [0.5, 0.6) is 0 Å². The van der Waals surface area contributed by atoms with Crippen molar-refractivity contribution in [1.82, 2.24) is 0 Å². The van der Waals surface area contributed by atoms with Gasteiger partial charge < -0.3 is 4.79 Å². The monoisotopic (exact) mass is 322 g/mol. The van der Waals surface area contributed by atoms with Gasteiger partial charge in [0.15, 0.2) is 0 Å². The summed E-state index contributed by atoms with van der Waals surface area (Å²) in [4.78, 5) is 10.2. The van der Waals surface area contributed by atoms with Crippen LogP contribution in [0.15, 0.2) is 12.2 Å². The van der Waals surface area contributed by atoms with E-state index in [-0.39, 0.29) is 0 Å². The minimum atomic E-state index is 0.756. The first kappa shape index (κ1) is 22.4. The minimum Gasteiger partial charge on any atom is -0.303 e. The third-order valence-corrected chi connectivity index (χ3v) is 4.58. The van der Waals surface area contributed by atoms with Crippen LogP contribution in [0.1, 0.15) is 122 Å². The highest BCUT2D eigenvalue weighted by molar-refractivity contribution is 5.48. The molecule has 0 N–H and O–H groups in total. The molecule has 0 aliphatic rings. The lowest BCUT2D eigenvalue weighted by Crippen LogP contribution is -1.82. The number of carbonyl (C=O) groups is 1. The molecule has 0 fully saturated rings. The molecular formula is C22H42O. The van der Waals surface area contributed by atoms with E-state index < -0.39 is 0 Å². The molecule has 0 bridgehead atoms. The zero-order valence-electron chi connectivity index (χ0n) is 15.9. The second kappa shape index (κ2) is 21.4. The molecule has 0 saturated heterocycles. The summed E-state index contributed by atoms with van der Waals surface area (Å²) in [6.07, 6.45) is 29.5. The maximum Gasteiger partial charge on any atom is 0.119 e. The van der Waals surface area contributed by atoms with Gasteiger partial charge in [0.05, 0.1) is 0 Å². The summed E-state index contributed by atoms with van der Waals surface area (Å²) in [6.45, 7) is 2.28. The first-order valence-corrected chi connectivity index (χ1v) is 10.5. The first-order chi connectivity index (χ1) is 11.4. The molecule has 0 amide bonds. The molecule has 0 saturated carbocycles. The van der Waals surface area contributed by atoms with Gasteiger partial charge >= 0.3 is 0 Å². The van der Waals surface area contributed by atoms with Crippen LogP contribution in [-0.2, 0) is 4.79 Å². The quantitative estimate of drug-likeness (QED) is 0.135. The summed E-state index contributed by atoms with van der Waals surface area (Å²) < 4.78 is 0. The molecule has 0 atom stereocenters. The number of unbranched alkanes of at least 4 members (excludes halogenated alkanes) is 16. The SMILES string of the molecule is CCCCCCCCC=CCCCCCCCCCCCC=O. The molecule has 0 aromatic rings. The Bertz CT molecular complexity index is 244. The molecule has 0 heterocycles. The molecule has 136 valence electrons. The van der Waals surface area contributed by atoms with Gasteiger partial charge in [0.2, 0.25) is 0 Å². The van der Waals surface area contributed by atoms with Gasteiger partial charge in [-0.25, -0.2) is 0 Å². The molecule has 0 aromatic carbocycles. The van der Waals surface area contributed by atoms with E-state index in [1.807, 2.05) is 0 Å². The molecule has 0 radical (unpaired) electrons. The van der Waals surface area contributed by atoms with Crippen LogP contribution < -0.4 is 0 Å². The summed E-state index contributed by atoms with van der Waals surface area (Å²) in [5, 5.41) is 0. The summed E-state index contributed by atoms with van der Waals surface area (Å²) >= 11 is 0. The maximum atomic E-state index is 10.2. The molecule has 0 rings (SSSR count). The van der Waals surface area contributed by atoms with Gasteiger partial charge in [-0.1, -0.05) is 96.1 Å². The Kier molecular flexibility index (Phi) is 20.9. The zero-order valence-corrected chi connectivity index (χ0v) is 15.9. The van der Waals surface area contributed by atoms with Gasteiger partial charge in [0.1, 0.15) is 6.29 Å². The van der Waals surface area contributed by atoms with Gasteiger partial charge in [-0.2, -0.15) is 0 Å². The summed E-state index contributed by atoms with van der Waals surface area (Å²) in [7, 11) is 0. The van der Waals surface area contributed by atoms with Crippen molar-refractivity contribution in [2.45, 2.75) is 122 Å². The Morgan fingerprint density at radius 3 is 1.22 bits per heavy atom. The van der Waals surface area contributed by atoms with E-state index in [1.54, 1.807) is 0 Å². The van der Waals surface area contributed by atoms with Crippen molar-refractivity contribution >= 4 is 6.29 Å². The number of aldehydes is 1. The summed E-state index contributed by atoms with van der Waals surface area (Å²) in [5.74, 6) is 0. The molecule has 0 aromatic heterocycles. The maximum absolute atomic E-state index is 10.2. The van der Waals surface area contributed by atoms with Crippen LogP contribution in [0.25, 0.3) is 0 Å². The highest BCUT2D eigenvalue weighted by Crippen LogP contribution is 2.12. The van der Waals surface area contributed by atoms with E-state index in [4.69, 9.17) is 0 Å². The fourth-order valence-electron chi connectivity index (χ4n) is 3.01. The smallest absolute Gasteiger partial charge is 0.119 e. The van der Waals surface area contributed by atoms with Crippen molar-refractivity contribution in [2.24, 2.45) is 0 Å². The van der Waals surface area contributed by atoms with Gasteiger partial charge in [-0.05, 0) is 32.1 Å². The summed E-state index contributed by atoms with van der Waals surface area (Å²) in [6, 6.07) is 0. The van der Waals surface area contributed by atoms with Crippen molar-refractivity contribution in [3.63, 3.8) is 0 Å². The second-order valence-electron chi connectivity index (χ2n) is 6.95. The molecule has 0 aliphatic carbocycles. The normalized spacial score (nSPS) is 11.3. The van der Waals surface area contributed by atoms with Crippen LogP contribution in [0.4, 0.5) is 0 Å². The summed E-state index contributed by atoms with van der Waals surface area (Å²) in [5.41, 5.74) is 0. The molecule has 0 spiro atoms. The van der Waals surface area contributed by atoms with Crippen LogP contribution in [0, 0.1) is 0 Å². The largest absolute Gasteiger partial charge is 0.303 e. The van der Waals surface area contributed by atoms with Crippen molar-refractivity contribution in [1.29, 1.82) is 0 Å². The van der Waals surface area contributed by atoms with E-state index in [9.17, 15) is 4.79 Å². The van der Waals surface area contributed by atoms with Gasteiger partial charge in [-0.15, -0.1) is 0 Å². The fourth-order valence-corrected chi connectivity index (χ4v) is 3.01. The van der Waals surface area contributed by atoms with E-state index >= 15 is 0 Å². The lowest BCUT2D eigenvalue weighted by molar-refractivity contribution is -0.107. The van der Waals surface area contributed by atoms with Gasteiger partial charge in [0.25, 0.3) is 0 Å². The molecule has 0 aliphatic heterocycles. The van der Waals surface area contributed by atoms with E-state index in [0.29, 0.717) is 0 Å². The molecular weight excluding hydrogens is 280 g/mol. The fraction of sp³-hybridized carbons (Fsp3) is 0.864. The predicted molar refractivity (Wildman–Crippen MR) is 104 cm³/mol. The lowest BCUT2D eigenvalue weighted by Gasteiger charge is -2.01. The van der Waals surface area contributed by atoms with Crippen LogP contribution in [-0.4, -0.2) is 6.29 Å². The Morgan fingerprint density at radius 2 is 0.826 bits per heavy atom. The van der Waals surface area contributed by atoms with Crippen molar-refractivity contribution in [3.05, 3.63) is 12.2 Å². The van der Waals surface area contributed by atoms with Crippen LogP contribution in [0.3, 0.4) is 0 Å².